The van der Waals surface area contributed by atoms with Gasteiger partial charge in [0.05, 0.1) is 14.1 Å². The number of amides is 2. The van der Waals surface area contributed by atoms with Crippen LogP contribution in [-0.4, -0.2) is 32.0 Å². The molecular formula is C24H34N3O2+. The van der Waals surface area contributed by atoms with Crippen molar-refractivity contribution in [3.63, 3.8) is 0 Å². The maximum absolute atomic E-state index is 12.9. The quantitative estimate of drug-likeness (QED) is 0.608. The van der Waals surface area contributed by atoms with E-state index < -0.39 is 6.04 Å². The largest absolute Gasteiger partial charge is 0.350 e. The van der Waals surface area contributed by atoms with Crippen molar-refractivity contribution in [3.05, 3.63) is 70.8 Å². The van der Waals surface area contributed by atoms with E-state index in [4.69, 9.17) is 0 Å². The number of quaternary nitrogens is 1. The molecule has 0 fully saturated rings. The van der Waals surface area contributed by atoms with Crippen LogP contribution in [0, 0.1) is 12.8 Å². The molecule has 0 heterocycles. The van der Waals surface area contributed by atoms with E-state index in [1.165, 1.54) is 10.5 Å². The highest BCUT2D eigenvalue weighted by molar-refractivity contribution is 5.98. The van der Waals surface area contributed by atoms with Crippen LogP contribution in [-0.2, 0) is 17.9 Å². The summed E-state index contributed by atoms with van der Waals surface area (Å²) < 4.78 is 0. The minimum absolute atomic E-state index is 0.146. The molecule has 0 aliphatic carbocycles. The van der Waals surface area contributed by atoms with Gasteiger partial charge in [-0.3, -0.25) is 9.59 Å². The summed E-state index contributed by atoms with van der Waals surface area (Å²) >= 11 is 0. The zero-order valence-electron chi connectivity index (χ0n) is 18.2. The Morgan fingerprint density at radius 3 is 2.21 bits per heavy atom. The van der Waals surface area contributed by atoms with Crippen molar-refractivity contribution in [2.45, 2.75) is 46.3 Å². The predicted octanol–water partition coefficient (Wildman–Crippen LogP) is 2.10. The van der Waals surface area contributed by atoms with Crippen molar-refractivity contribution in [1.82, 2.24) is 10.6 Å². The maximum atomic E-state index is 12.9. The van der Waals surface area contributed by atoms with Crippen molar-refractivity contribution in [2.24, 2.45) is 5.92 Å². The summed E-state index contributed by atoms with van der Waals surface area (Å²) in [5.41, 5.74) is 3.83. The Labute approximate surface area is 174 Å². The molecule has 5 nitrogen and oxygen atoms in total. The fourth-order valence-corrected chi connectivity index (χ4v) is 3.36. The summed E-state index contributed by atoms with van der Waals surface area (Å²) in [6.07, 6.45) is 0.590. The van der Waals surface area contributed by atoms with Crippen LogP contribution in [0.3, 0.4) is 0 Å². The van der Waals surface area contributed by atoms with E-state index in [0.29, 0.717) is 18.5 Å². The SMILES string of the molecule is Cc1ccccc1C(=O)N[C@@H](CC(C)C)C(=O)NCc1ccccc1C[NH+](C)C. The van der Waals surface area contributed by atoms with E-state index in [1.807, 2.05) is 43.3 Å². The number of carbonyl (C=O) groups is 2. The summed E-state index contributed by atoms with van der Waals surface area (Å²) in [5, 5.41) is 5.96. The molecule has 0 saturated carbocycles. The van der Waals surface area contributed by atoms with Crippen LogP contribution in [0.25, 0.3) is 0 Å². The first-order valence-electron chi connectivity index (χ1n) is 10.3. The van der Waals surface area contributed by atoms with Crippen molar-refractivity contribution < 1.29 is 14.5 Å². The van der Waals surface area contributed by atoms with E-state index in [-0.39, 0.29) is 17.7 Å². The van der Waals surface area contributed by atoms with Gasteiger partial charge >= 0.3 is 0 Å². The van der Waals surface area contributed by atoms with Gasteiger partial charge < -0.3 is 15.5 Å². The van der Waals surface area contributed by atoms with Crippen molar-refractivity contribution in [2.75, 3.05) is 14.1 Å². The Morgan fingerprint density at radius 1 is 0.966 bits per heavy atom. The van der Waals surface area contributed by atoms with Crippen LogP contribution < -0.4 is 15.5 Å². The second-order valence-electron chi connectivity index (χ2n) is 8.34. The molecule has 5 heteroatoms. The lowest BCUT2D eigenvalue weighted by atomic mass is 10.0. The van der Waals surface area contributed by atoms with Gasteiger partial charge in [0.15, 0.2) is 0 Å². The van der Waals surface area contributed by atoms with Crippen LogP contribution in [0.4, 0.5) is 0 Å². The Balaban J connectivity index is 2.08. The van der Waals surface area contributed by atoms with E-state index >= 15 is 0 Å². The molecule has 0 aliphatic heterocycles. The monoisotopic (exact) mass is 396 g/mol. The number of aryl methyl sites for hydroxylation is 1. The second-order valence-corrected chi connectivity index (χ2v) is 8.34. The van der Waals surface area contributed by atoms with Crippen LogP contribution >= 0.6 is 0 Å². The van der Waals surface area contributed by atoms with Crippen LogP contribution in [0.5, 0.6) is 0 Å². The molecular weight excluding hydrogens is 362 g/mol. The molecule has 2 rings (SSSR count). The minimum Gasteiger partial charge on any atom is -0.350 e. The van der Waals surface area contributed by atoms with E-state index in [0.717, 1.165) is 17.7 Å². The normalized spacial score (nSPS) is 12.1. The number of benzene rings is 2. The highest BCUT2D eigenvalue weighted by Crippen LogP contribution is 2.11. The first-order valence-corrected chi connectivity index (χ1v) is 10.3. The average molecular weight is 397 g/mol. The zero-order chi connectivity index (χ0) is 21.4. The Bertz CT molecular complexity index is 830. The molecule has 1 atom stereocenters. The molecule has 0 bridgehead atoms. The molecule has 0 aliphatic rings. The van der Waals surface area contributed by atoms with E-state index in [1.54, 1.807) is 6.07 Å². The molecule has 156 valence electrons. The zero-order valence-corrected chi connectivity index (χ0v) is 18.2. The van der Waals surface area contributed by atoms with Crippen molar-refractivity contribution in [1.29, 1.82) is 0 Å². The van der Waals surface area contributed by atoms with Gasteiger partial charge in [-0.05, 0) is 36.5 Å². The second kappa shape index (κ2) is 10.8. The third-order valence-electron chi connectivity index (χ3n) is 4.83. The van der Waals surface area contributed by atoms with Gasteiger partial charge in [0, 0.05) is 17.7 Å². The van der Waals surface area contributed by atoms with Crippen molar-refractivity contribution in [3.8, 4) is 0 Å². The first kappa shape index (κ1) is 22.6. The summed E-state index contributed by atoms with van der Waals surface area (Å²) in [6, 6.07) is 15.0. The van der Waals surface area contributed by atoms with Gasteiger partial charge in [-0.15, -0.1) is 0 Å². The minimum atomic E-state index is -0.561. The van der Waals surface area contributed by atoms with Gasteiger partial charge in [0.25, 0.3) is 5.91 Å². The maximum Gasteiger partial charge on any atom is 0.252 e. The standard InChI is InChI=1S/C24H33N3O2/c1-17(2)14-22(26-23(28)21-13-9-6-10-18(21)3)24(29)25-15-19-11-7-8-12-20(19)16-27(4)5/h6-13,17,22H,14-16H2,1-5H3,(H,25,29)(H,26,28)/p+1/t22-/m0/s1. The first-order chi connectivity index (χ1) is 13.8. The Hall–Kier alpha value is -2.66. The lowest BCUT2D eigenvalue weighted by molar-refractivity contribution is -0.872. The smallest absolute Gasteiger partial charge is 0.252 e. The van der Waals surface area contributed by atoms with Crippen LogP contribution in [0.2, 0.25) is 0 Å². The van der Waals surface area contributed by atoms with Gasteiger partial charge in [-0.25, -0.2) is 0 Å². The summed E-state index contributed by atoms with van der Waals surface area (Å²) in [6.45, 7) is 7.35. The molecule has 2 aromatic rings. The fraction of sp³-hybridized carbons (Fsp3) is 0.417. The topological polar surface area (TPSA) is 62.6 Å². The number of nitrogens with one attached hydrogen (secondary N) is 3. The number of rotatable bonds is 9. The Kier molecular flexibility index (Phi) is 8.40. The van der Waals surface area contributed by atoms with Crippen LogP contribution in [0.15, 0.2) is 48.5 Å². The molecule has 0 saturated heterocycles. The molecule has 29 heavy (non-hydrogen) atoms. The molecule has 0 unspecified atom stereocenters. The molecule has 0 spiro atoms. The summed E-state index contributed by atoms with van der Waals surface area (Å²) in [4.78, 5) is 26.9. The van der Waals surface area contributed by atoms with Gasteiger partial charge in [0.2, 0.25) is 5.91 Å². The third-order valence-corrected chi connectivity index (χ3v) is 4.83. The predicted molar refractivity (Wildman–Crippen MR) is 117 cm³/mol. The third kappa shape index (κ3) is 7.02. The van der Waals surface area contributed by atoms with E-state index in [2.05, 4.69) is 44.6 Å². The average Bonchev–Trinajstić information content (AvgIpc) is 2.66. The van der Waals surface area contributed by atoms with Gasteiger partial charge in [-0.2, -0.15) is 0 Å². The summed E-state index contributed by atoms with van der Waals surface area (Å²) in [5.74, 6) is -0.0688. The van der Waals surface area contributed by atoms with Crippen molar-refractivity contribution >= 4 is 11.8 Å². The molecule has 0 aromatic heterocycles. The number of hydrogen-bond acceptors (Lipinski definition) is 2. The van der Waals surface area contributed by atoms with Crippen LogP contribution in [0.1, 0.15) is 47.3 Å². The molecule has 2 aromatic carbocycles. The molecule has 0 radical (unpaired) electrons. The lowest BCUT2D eigenvalue weighted by Gasteiger charge is -2.21. The highest BCUT2D eigenvalue weighted by atomic mass is 16.2. The Morgan fingerprint density at radius 2 is 1.59 bits per heavy atom. The van der Waals surface area contributed by atoms with Gasteiger partial charge in [-0.1, -0.05) is 56.3 Å². The molecule has 2 amide bonds. The van der Waals surface area contributed by atoms with E-state index in [9.17, 15) is 9.59 Å². The highest BCUT2D eigenvalue weighted by Gasteiger charge is 2.23. The molecule has 3 N–H and O–H groups in total. The number of carbonyl (C=O) groups excluding carboxylic acids is 2. The lowest BCUT2D eigenvalue weighted by Crippen LogP contribution is -3.04. The number of hydrogen-bond donors (Lipinski definition) is 3. The summed E-state index contributed by atoms with van der Waals surface area (Å²) in [7, 11) is 4.21. The van der Waals surface area contributed by atoms with Gasteiger partial charge in [0.1, 0.15) is 12.6 Å². The fourth-order valence-electron chi connectivity index (χ4n) is 3.36.